The monoisotopic (exact) mass is 237 g/mol. The lowest BCUT2D eigenvalue weighted by atomic mass is 10.2. The number of aromatic nitrogens is 1. The Kier molecular flexibility index (Phi) is 3.49. The van der Waals surface area contributed by atoms with Crippen LogP contribution in [-0.2, 0) is 0 Å². The van der Waals surface area contributed by atoms with Gasteiger partial charge in [0.1, 0.15) is 5.69 Å². The summed E-state index contributed by atoms with van der Waals surface area (Å²) in [6.45, 7) is 1.21. The van der Waals surface area contributed by atoms with E-state index in [0.29, 0.717) is 18.7 Å². The number of carbonyl (C=O) groups excluding carboxylic acids is 1. The molecule has 17 heavy (non-hydrogen) atoms. The van der Waals surface area contributed by atoms with Crippen molar-refractivity contribution in [2.45, 2.75) is 18.6 Å². The van der Waals surface area contributed by atoms with Crippen LogP contribution in [-0.4, -0.2) is 65.1 Å². The van der Waals surface area contributed by atoms with Gasteiger partial charge in [-0.1, -0.05) is 0 Å². The SMILES string of the molecule is CN(C)CC1CC(O)CN1C(=O)c1ccc[nH]1. The van der Waals surface area contributed by atoms with E-state index < -0.39 is 6.10 Å². The molecule has 0 bridgehead atoms. The molecule has 0 saturated carbocycles. The predicted molar refractivity (Wildman–Crippen MR) is 64.8 cm³/mol. The third-order valence-electron chi connectivity index (χ3n) is 3.06. The summed E-state index contributed by atoms with van der Waals surface area (Å²) >= 11 is 0. The van der Waals surface area contributed by atoms with Crippen molar-refractivity contribution in [3.05, 3.63) is 24.0 Å². The molecule has 1 aromatic heterocycles. The number of hydrogen-bond acceptors (Lipinski definition) is 3. The van der Waals surface area contributed by atoms with Gasteiger partial charge in [0, 0.05) is 25.3 Å². The van der Waals surface area contributed by atoms with Crippen molar-refractivity contribution in [2.75, 3.05) is 27.2 Å². The van der Waals surface area contributed by atoms with Gasteiger partial charge in [-0.05, 0) is 32.6 Å². The highest BCUT2D eigenvalue weighted by molar-refractivity contribution is 5.92. The van der Waals surface area contributed by atoms with E-state index in [4.69, 9.17) is 0 Å². The number of hydrogen-bond donors (Lipinski definition) is 2. The Morgan fingerprint density at radius 2 is 2.41 bits per heavy atom. The minimum Gasteiger partial charge on any atom is -0.391 e. The molecule has 5 nitrogen and oxygen atoms in total. The number of amides is 1. The highest BCUT2D eigenvalue weighted by Crippen LogP contribution is 2.20. The normalized spacial score (nSPS) is 24.6. The van der Waals surface area contributed by atoms with Crippen LogP contribution < -0.4 is 0 Å². The molecule has 2 unspecified atom stereocenters. The van der Waals surface area contributed by atoms with Crippen molar-refractivity contribution in [2.24, 2.45) is 0 Å². The maximum absolute atomic E-state index is 12.2. The first-order valence-electron chi connectivity index (χ1n) is 5.85. The van der Waals surface area contributed by atoms with Crippen LogP contribution in [0.15, 0.2) is 18.3 Å². The van der Waals surface area contributed by atoms with Crippen LogP contribution in [0.1, 0.15) is 16.9 Å². The van der Waals surface area contributed by atoms with Crippen LogP contribution in [0.4, 0.5) is 0 Å². The largest absolute Gasteiger partial charge is 0.391 e. The van der Waals surface area contributed by atoms with E-state index in [1.165, 1.54) is 0 Å². The Morgan fingerprint density at radius 3 is 3.00 bits per heavy atom. The molecule has 0 spiro atoms. The number of H-pyrrole nitrogens is 1. The van der Waals surface area contributed by atoms with E-state index >= 15 is 0 Å². The summed E-state index contributed by atoms with van der Waals surface area (Å²) in [5.41, 5.74) is 0.586. The molecule has 2 rings (SSSR count). The summed E-state index contributed by atoms with van der Waals surface area (Å²) in [5.74, 6) is -0.0293. The van der Waals surface area contributed by atoms with Crippen molar-refractivity contribution in [3.63, 3.8) is 0 Å². The molecule has 2 N–H and O–H groups in total. The number of aliphatic hydroxyl groups excluding tert-OH is 1. The highest BCUT2D eigenvalue weighted by atomic mass is 16.3. The Hall–Kier alpha value is -1.33. The fourth-order valence-electron chi connectivity index (χ4n) is 2.35. The van der Waals surface area contributed by atoms with E-state index in [0.717, 1.165) is 6.54 Å². The zero-order valence-electron chi connectivity index (χ0n) is 10.3. The smallest absolute Gasteiger partial charge is 0.270 e. The van der Waals surface area contributed by atoms with Crippen LogP contribution in [0.2, 0.25) is 0 Å². The van der Waals surface area contributed by atoms with Crippen molar-refractivity contribution in [1.29, 1.82) is 0 Å². The van der Waals surface area contributed by atoms with E-state index in [9.17, 15) is 9.90 Å². The summed E-state index contributed by atoms with van der Waals surface area (Å²) in [5, 5.41) is 9.71. The average Bonchev–Trinajstić information content (AvgIpc) is 2.85. The highest BCUT2D eigenvalue weighted by Gasteiger charge is 2.35. The number of likely N-dealkylation sites (tertiary alicyclic amines) is 1. The average molecular weight is 237 g/mol. The summed E-state index contributed by atoms with van der Waals surface area (Å²) in [7, 11) is 3.95. The van der Waals surface area contributed by atoms with Gasteiger partial charge in [-0.25, -0.2) is 0 Å². The molecule has 2 atom stereocenters. The molecular formula is C12H19N3O2. The summed E-state index contributed by atoms with van der Waals surface area (Å²) in [6.07, 6.45) is 1.99. The number of aliphatic hydroxyl groups is 1. The molecule has 1 aliphatic heterocycles. The van der Waals surface area contributed by atoms with E-state index in [1.807, 2.05) is 19.0 Å². The zero-order valence-corrected chi connectivity index (χ0v) is 10.3. The number of β-amino-alcohol motifs (C(OH)–C–C–N with tert-alkyl or cyclic N) is 1. The van der Waals surface area contributed by atoms with E-state index in [2.05, 4.69) is 4.98 Å². The molecule has 1 aromatic rings. The Labute approximate surface area is 101 Å². The van der Waals surface area contributed by atoms with Gasteiger partial charge in [0.2, 0.25) is 0 Å². The number of rotatable bonds is 3. The van der Waals surface area contributed by atoms with Crippen LogP contribution in [0.5, 0.6) is 0 Å². The minimum absolute atomic E-state index is 0.0293. The van der Waals surface area contributed by atoms with Crippen molar-refractivity contribution >= 4 is 5.91 Å². The maximum atomic E-state index is 12.2. The third kappa shape index (κ3) is 2.68. The van der Waals surface area contributed by atoms with Gasteiger partial charge in [-0.3, -0.25) is 4.79 Å². The zero-order chi connectivity index (χ0) is 12.4. The number of carbonyl (C=O) groups is 1. The maximum Gasteiger partial charge on any atom is 0.270 e. The van der Waals surface area contributed by atoms with Crippen molar-refractivity contribution < 1.29 is 9.90 Å². The first-order chi connectivity index (χ1) is 8.08. The molecule has 94 valence electrons. The fraction of sp³-hybridized carbons (Fsp3) is 0.583. The standard InChI is InChI=1S/C12H19N3O2/c1-14(2)7-9-6-10(16)8-15(9)12(17)11-4-3-5-13-11/h3-5,9-10,13,16H,6-8H2,1-2H3. The first-order valence-corrected chi connectivity index (χ1v) is 5.85. The lowest BCUT2D eigenvalue weighted by Gasteiger charge is -2.26. The Morgan fingerprint density at radius 1 is 1.65 bits per heavy atom. The van der Waals surface area contributed by atoms with Crippen molar-refractivity contribution in [1.82, 2.24) is 14.8 Å². The van der Waals surface area contributed by atoms with Gasteiger partial charge in [0.05, 0.1) is 6.10 Å². The van der Waals surface area contributed by atoms with Crippen LogP contribution in [0.25, 0.3) is 0 Å². The Balaban J connectivity index is 2.10. The number of nitrogens with one attached hydrogen (secondary N) is 1. The van der Waals surface area contributed by atoms with Gasteiger partial charge in [-0.2, -0.15) is 0 Å². The predicted octanol–water partition coefficient (Wildman–Crippen LogP) is 0.152. The molecule has 1 amide bonds. The Bertz CT molecular complexity index is 375. The fourth-order valence-corrected chi connectivity index (χ4v) is 2.35. The topological polar surface area (TPSA) is 59.6 Å². The van der Waals surface area contributed by atoms with Crippen molar-refractivity contribution in [3.8, 4) is 0 Å². The summed E-state index contributed by atoms with van der Waals surface area (Å²) < 4.78 is 0. The van der Waals surface area contributed by atoms with E-state index in [1.54, 1.807) is 23.2 Å². The molecular weight excluding hydrogens is 218 g/mol. The minimum atomic E-state index is -0.404. The second kappa shape index (κ2) is 4.89. The molecule has 2 heterocycles. The molecule has 0 aliphatic carbocycles. The van der Waals surface area contributed by atoms with Gasteiger partial charge in [-0.15, -0.1) is 0 Å². The second-order valence-corrected chi connectivity index (χ2v) is 4.85. The van der Waals surface area contributed by atoms with Crippen LogP contribution in [0.3, 0.4) is 0 Å². The molecule has 1 aliphatic rings. The van der Waals surface area contributed by atoms with Crippen LogP contribution >= 0.6 is 0 Å². The van der Waals surface area contributed by atoms with Crippen LogP contribution in [0, 0.1) is 0 Å². The van der Waals surface area contributed by atoms with Gasteiger partial charge >= 0.3 is 0 Å². The van der Waals surface area contributed by atoms with Gasteiger partial charge < -0.3 is 19.9 Å². The summed E-state index contributed by atoms with van der Waals surface area (Å²) in [6, 6.07) is 3.66. The lowest BCUT2D eigenvalue weighted by Crippen LogP contribution is -2.41. The number of likely N-dealkylation sites (N-methyl/N-ethyl adjacent to an activating group) is 1. The quantitative estimate of drug-likeness (QED) is 0.787. The second-order valence-electron chi connectivity index (χ2n) is 4.85. The van der Waals surface area contributed by atoms with Gasteiger partial charge in [0.15, 0.2) is 0 Å². The molecule has 1 fully saturated rings. The number of aromatic amines is 1. The molecule has 1 saturated heterocycles. The lowest BCUT2D eigenvalue weighted by molar-refractivity contribution is 0.0694. The molecule has 0 aromatic carbocycles. The first kappa shape index (κ1) is 12.1. The third-order valence-corrected chi connectivity index (χ3v) is 3.06. The summed E-state index contributed by atoms with van der Waals surface area (Å²) in [4.78, 5) is 18.9. The molecule has 5 heteroatoms. The number of nitrogens with zero attached hydrogens (tertiary/aromatic N) is 2. The van der Waals surface area contributed by atoms with Gasteiger partial charge in [0.25, 0.3) is 5.91 Å². The van der Waals surface area contributed by atoms with E-state index in [-0.39, 0.29) is 11.9 Å². The molecule has 0 radical (unpaired) electrons.